The third-order valence-corrected chi connectivity index (χ3v) is 4.70. The molecule has 1 amide bonds. The molecule has 7 heteroatoms. The quantitative estimate of drug-likeness (QED) is 0.921. The zero-order valence-corrected chi connectivity index (χ0v) is 15.1. The van der Waals surface area contributed by atoms with Crippen LogP contribution in [0.2, 0.25) is 0 Å². The first-order chi connectivity index (χ1) is 11.8. The van der Waals surface area contributed by atoms with Gasteiger partial charge < -0.3 is 10.0 Å². The number of carboxylic acids is 1. The Balaban J connectivity index is 2.14. The molecule has 0 saturated carbocycles. The molecule has 0 spiro atoms. The maximum Gasteiger partial charge on any atom is 0.326 e. The van der Waals surface area contributed by atoms with Gasteiger partial charge in [0.25, 0.3) is 5.91 Å². The number of carbonyl (C=O) groups is 2. The summed E-state index contributed by atoms with van der Waals surface area (Å²) in [6, 6.07) is 1.16. The molecule has 1 N–H and O–H groups in total. The average Bonchev–Trinajstić information content (AvgIpc) is 3.19. The zero-order chi connectivity index (χ0) is 18.3. The molecule has 0 aliphatic carbocycles. The first-order valence-electron chi connectivity index (χ1n) is 8.73. The van der Waals surface area contributed by atoms with E-state index in [-0.39, 0.29) is 17.9 Å². The molecule has 0 aromatic carbocycles. The van der Waals surface area contributed by atoms with E-state index in [1.165, 1.54) is 4.90 Å². The van der Waals surface area contributed by atoms with Crippen LogP contribution in [0.3, 0.4) is 0 Å². The second-order valence-electron chi connectivity index (χ2n) is 7.16. The van der Waals surface area contributed by atoms with Gasteiger partial charge in [-0.25, -0.2) is 14.5 Å². The highest BCUT2D eigenvalue weighted by molar-refractivity contribution is 6.06. The number of carbonyl (C=O) groups excluding carboxylic acids is 1. The van der Waals surface area contributed by atoms with Gasteiger partial charge in [0.1, 0.15) is 6.04 Å². The number of pyridine rings is 1. The number of likely N-dealkylation sites (tertiary alicyclic amines) is 1. The minimum atomic E-state index is -0.946. The van der Waals surface area contributed by atoms with Crippen molar-refractivity contribution < 1.29 is 14.7 Å². The van der Waals surface area contributed by atoms with Gasteiger partial charge in [0.05, 0.1) is 17.1 Å². The predicted molar refractivity (Wildman–Crippen MR) is 93.7 cm³/mol. The van der Waals surface area contributed by atoms with Gasteiger partial charge in [0, 0.05) is 18.3 Å². The summed E-state index contributed by atoms with van der Waals surface area (Å²) in [5.74, 6) is -1.04. The molecular formula is C18H24N4O3. The van der Waals surface area contributed by atoms with Gasteiger partial charge in [-0.2, -0.15) is 5.10 Å². The van der Waals surface area contributed by atoms with E-state index in [0.29, 0.717) is 36.0 Å². The second-order valence-corrected chi connectivity index (χ2v) is 7.16. The molecule has 1 aliphatic heterocycles. The Morgan fingerprint density at radius 2 is 2.00 bits per heavy atom. The first-order valence-corrected chi connectivity index (χ1v) is 8.73. The SMILES string of the molecule is CC(C)c1cc(C(=O)N2CCC[C@H]2C(=O)O)c2cnn(C(C)C)c2n1. The van der Waals surface area contributed by atoms with Crippen LogP contribution in [0, 0.1) is 0 Å². The molecule has 1 saturated heterocycles. The lowest BCUT2D eigenvalue weighted by atomic mass is 10.0. The van der Waals surface area contributed by atoms with Crippen molar-refractivity contribution in [3.05, 3.63) is 23.5 Å². The van der Waals surface area contributed by atoms with Crippen molar-refractivity contribution in [2.45, 2.75) is 58.5 Å². The number of fused-ring (bicyclic) bond motifs is 1. The van der Waals surface area contributed by atoms with Crippen LogP contribution in [-0.2, 0) is 4.79 Å². The van der Waals surface area contributed by atoms with Crippen molar-refractivity contribution in [3.8, 4) is 0 Å². The molecule has 25 heavy (non-hydrogen) atoms. The molecule has 2 aromatic rings. The van der Waals surface area contributed by atoms with Gasteiger partial charge in [-0.3, -0.25) is 4.79 Å². The second kappa shape index (κ2) is 6.46. The number of aromatic nitrogens is 3. The molecule has 1 aliphatic rings. The normalized spacial score (nSPS) is 17.8. The molecular weight excluding hydrogens is 320 g/mol. The summed E-state index contributed by atoms with van der Waals surface area (Å²) in [7, 11) is 0. The average molecular weight is 344 g/mol. The van der Waals surface area contributed by atoms with Crippen molar-refractivity contribution >= 4 is 22.9 Å². The van der Waals surface area contributed by atoms with E-state index in [4.69, 9.17) is 4.98 Å². The monoisotopic (exact) mass is 344 g/mol. The fraction of sp³-hybridized carbons (Fsp3) is 0.556. The molecule has 134 valence electrons. The Labute approximate surface area is 146 Å². The molecule has 3 heterocycles. The molecule has 1 fully saturated rings. The Morgan fingerprint density at radius 3 is 2.60 bits per heavy atom. The van der Waals surface area contributed by atoms with Crippen molar-refractivity contribution in [3.63, 3.8) is 0 Å². The number of hydrogen-bond acceptors (Lipinski definition) is 4. The topological polar surface area (TPSA) is 88.3 Å². The third-order valence-electron chi connectivity index (χ3n) is 4.70. The van der Waals surface area contributed by atoms with Gasteiger partial charge in [-0.1, -0.05) is 13.8 Å². The maximum atomic E-state index is 13.1. The van der Waals surface area contributed by atoms with E-state index < -0.39 is 12.0 Å². The van der Waals surface area contributed by atoms with Crippen LogP contribution in [-0.4, -0.2) is 49.2 Å². The molecule has 0 unspecified atom stereocenters. The van der Waals surface area contributed by atoms with E-state index in [0.717, 1.165) is 5.69 Å². The first kappa shape index (κ1) is 17.4. The highest BCUT2D eigenvalue weighted by Crippen LogP contribution is 2.28. The van der Waals surface area contributed by atoms with Crippen molar-refractivity contribution in [1.82, 2.24) is 19.7 Å². The smallest absolute Gasteiger partial charge is 0.326 e. The highest BCUT2D eigenvalue weighted by atomic mass is 16.4. The number of rotatable bonds is 4. The minimum absolute atomic E-state index is 0.119. The summed E-state index contributed by atoms with van der Waals surface area (Å²) < 4.78 is 1.80. The summed E-state index contributed by atoms with van der Waals surface area (Å²) in [5.41, 5.74) is 1.98. The van der Waals surface area contributed by atoms with Crippen LogP contribution in [0.15, 0.2) is 12.3 Å². The van der Waals surface area contributed by atoms with Crippen LogP contribution in [0.4, 0.5) is 0 Å². The van der Waals surface area contributed by atoms with Crippen molar-refractivity contribution in [2.24, 2.45) is 0 Å². The van der Waals surface area contributed by atoms with Gasteiger partial charge in [0.15, 0.2) is 5.65 Å². The van der Waals surface area contributed by atoms with Gasteiger partial charge in [0.2, 0.25) is 0 Å². The van der Waals surface area contributed by atoms with Crippen LogP contribution in [0.5, 0.6) is 0 Å². The zero-order valence-electron chi connectivity index (χ0n) is 15.1. The fourth-order valence-electron chi connectivity index (χ4n) is 3.31. The van der Waals surface area contributed by atoms with E-state index in [1.54, 1.807) is 16.9 Å². The molecule has 7 nitrogen and oxygen atoms in total. The van der Waals surface area contributed by atoms with Gasteiger partial charge >= 0.3 is 5.97 Å². The number of hydrogen-bond donors (Lipinski definition) is 1. The lowest BCUT2D eigenvalue weighted by Crippen LogP contribution is -2.40. The van der Waals surface area contributed by atoms with Crippen LogP contribution < -0.4 is 0 Å². The Morgan fingerprint density at radius 1 is 1.28 bits per heavy atom. The molecule has 3 rings (SSSR count). The largest absolute Gasteiger partial charge is 0.480 e. The van der Waals surface area contributed by atoms with E-state index >= 15 is 0 Å². The van der Waals surface area contributed by atoms with E-state index in [9.17, 15) is 14.7 Å². The standard InChI is InChI=1S/C18H24N4O3/c1-10(2)14-8-12(13-9-19-22(11(3)4)16(13)20-14)17(23)21-7-5-6-15(21)18(24)25/h8-11,15H,5-7H2,1-4H3,(H,24,25)/t15-/m0/s1. The van der Waals surface area contributed by atoms with Crippen molar-refractivity contribution in [2.75, 3.05) is 6.54 Å². The van der Waals surface area contributed by atoms with E-state index in [1.807, 2.05) is 27.7 Å². The number of amides is 1. The summed E-state index contributed by atoms with van der Waals surface area (Å²) in [4.78, 5) is 30.7. The maximum absolute atomic E-state index is 13.1. The van der Waals surface area contributed by atoms with Crippen LogP contribution in [0.25, 0.3) is 11.0 Å². The van der Waals surface area contributed by atoms with Gasteiger partial charge in [-0.05, 0) is 38.7 Å². The Kier molecular flexibility index (Phi) is 4.49. The summed E-state index contributed by atoms with van der Waals surface area (Å²) >= 11 is 0. The number of nitrogens with zero attached hydrogens (tertiary/aromatic N) is 4. The predicted octanol–water partition coefficient (Wildman–Crippen LogP) is 2.82. The Bertz CT molecular complexity index is 825. The molecule has 0 radical (unpaired) electrons. The van der Waals surface area contributed by atoms with Crippen LogP contribution in [0.1, 0.15) is 68.5 Å². The third kappa shape index (κ3) is 2.99. The van der Waals surface area contributed by atoms with Crippen molar-refractivity contribution in [1.29, 1.82) is 0 Å². The van der Waals surface area contributed by atoms with E-state index in [2.05, 4.69) is 5.10 Å². The van der Waals surface area contributed by atoms with Crippen LogP contribution >= 0.6 is 0 Å². The molecule has 0 bridgehead atoms. The lowest BCUT2D eigenvalue weighted by molar-refractivity contribution is -0.141. The minimum Gasteiger partial charge on any atom is -0.480 e. The summed E-state index contributed by atoms with van der Waals surface area (Å²) in [6.07, 6.45) is 2.86. The van der Waals surface area contributed by atoms with Gasteiger partial charge in [-0.15, -0.1) is 0 Å². The Hall–Kier alpha value is -2.44. The highest BCUT2D eigenvalue weighted by Gasteiger charge is 2.35. The summed E-state index contributed by atoms with van der Waals surface area (Å²) in [5, 5.41) is 14.5. The lowest BCUT2D eigenvalue weighted by Gasteiger charge is -2.22. The molecule has 2 aromatic heterocycles. The molecule has 1 atom stereocenters. The number of aliphatic carboxylic acids is 1. The fourth-order valence-corrected chi connectivity index (χ4v) is 3.31. The summed E-state index contributed by atoms with van der Waals surface area (Å²) in [6.45, 7) is 8.54. The number of carboxylic acid groups (broad SMARTS) is 1.